The highest BCUT2D eigenvalue weighted by molar-refractivity contribution is 6.31. The molecule has 1 aliphatic heterocycles. The number of halogens is 1. The smallest absolute Gasteiger partial charge is 0.411 e. The van der Waals surface area contributed by atoms with Gasteiger partial charge in [0, 0.05) is 29.3 Å². The van der Waals surface area contributed by atoms with Crippen LogP contribution in [0.15, 0.2) is 59.7 Å². The van der Waals surface area contributed by atoms with Gasteiger partial charge < -0.3 is 9.72 Å². The lowest BCUT2D eigenvalue weighted by atomic mass is 10.1. The number of fused-ring (bicyclic) bond motifs is 1. The van der Waals surface area contributed by atoms with Gasteiger partial charge in [-0.15, -0.1) is 5.10 Å². The molecule has 3 aromatic heterocycles. The maximum Gasteiger partial charge on any atom is 0.411 e. The fraction of sp³-hybridized carbons (Fsp3) is 0.192. The van der Waals surface area contributed by atoms with Crippen LogP contribution in [0, 0.1) is 6.92 Å². The summed E-state index contributed by atoms with van der Waals surface area (Å²) in [6, 6.07) is 14.1. The zero-order valence-corrected chi connectivity index (χ0v) is 21.7. The van der Waals surface area contributed by atoms with E-state index in [0.29, 0.717) is 46.7 Å². The molecule has 2 N–H and O–H groups in total. The fourth-order valence-electron chi connectivity index (χ4n) is 4.77. The van der Waals surface area contributed by atoms with Gasteiger partial charge in [0.15, 0.2) is 0 Å². The molecule has 0 saturated carbocycles. The molecule has 6 rings (SSSR count). The van der Waals surface area contributed by atoms with Crippen LogP contribution in [-0.2, 0) is 11.2 Å². The summed E-state index contributed by atoms with van der Waals surface area (Å²) in [4.78, 5) is 37.6. The van der Waals surface area contributed by atoms with E-state index in [1.807, 2.05) is 25.1 Å². The van der Waals surface area contributed by atoms with Crippen molar-refractivity contribution in [3.63, 3.8) is 0 Å². The normalized spacial score (nSPS) is 14.3. The van der Waals surface area contributed by atoms with Crippen LogP contribution >= 0.6 is 11.6 Å². The van der Waals surface area contributed by atoms with Crippen LogP contribution in [0.25, 0.3) is 28.2 Å². The first-order chi connectivity index (χ1) is 18.9. The van der Waals surface area contributed by atoms with Gasteiger partial charge in [-0.3, -0.25) is 14.7 Å². The molecule has 196 valence electrons. The summed E-state index contributed by atoms with van der Waals surface area (Å²) in [6.45, 7) is 1.98. The van der Waals surface area contributed by atoms with Crippen LogP contribution in [0.2, 0.25) is 5.15 Å². The van der Waals surface area contributed by atoms with Gasteiger partial charge in [0.2, 0.25) is 0 Å². The van der Waals surface area contributed by atoms with E-state index in [-0.39, 0.29) is 11.6 Å². The van der Waals surface area contributed by atoms with Crippen molar-refractivity contribution in [3.05, 3.63) is 87.6 Å². The number of rotatable bonds is 5. The van der Waals surface area contributed by atoms with Gasteiger partial charge in [0.1, 0.15) is 28.8 Å². The molecule has 4 heterocycles. The van der Waals surface area contributed by atoms with Gasteiger partial charge in [-0.2, -0.15) is 4.68 Å². The quantitative estimate of drug-likeness (QED) is 0.339. The maximum absolute atomic E-state index is 13.4. The second-order valence-corrected chi connectivity index (χ2v) is 9.45. The van der Waals surface area contributed by atoms with Crippen molar-refractivity contribution in [1.82, 2.24) is 39.7 Å². The van der Waals surface area contributed by atoms with E-state index < -0.39 is 6.09 Å². The van der Waals surface area contributed by atoms with E-state index in [4.69, 9.17) is 21.6 Å². The number of aryl methyl sites for hydroxylation is 2. The number of benzene rings is 2. The van der Waals surface area contributed by atoms with Gasteiger partial charge in [-0.25, -0.2) is 14.8 Å². The van der Waals surface area contributed by atoms with Gasteiger partial charge in [-0.05, 0) is 48.0 Å². The Morgan fingerprint density at radius 1 is 1.15 bits per heavy atom. The Morgan fingerprint density at radius 3 is 2.72 bits per heavy atom. The first-order valence-corrected chi connectivity index (χ1v) is 12.5. The van der Waals surface area contributed by atoms with Crippen molar-refractivity contribution < 1.29 is 9.53 Å². The number of anilines is 1. The number of H-pyrrole nitrogens is 1. The molecule has 1 atom stereocenters. The molecule has 0 unspecified atom stereocenters. The number of nitrogens with zero attached hydrogens (tertiary/aromatic N) is 7. The number of hydrogen-bond donors (Lipinski definition) is 2. The second-order valence-electron chi connectivity index (χ2n) is 9.07. The number of carbonyl (C=O) groups excluding carboxylic acids is 1. The van der Waals surface area contributed by atoms with Crippen LogP contribution in [-0.4, -0.2) is 52.9 Å². The monoisotopic (exact) mass is 543 g/mol. The minimum Gasteiger partial charge on any atom is -0.453 e. The Morgan fingerprint density at radius 2 is 1.97 bits per heavy atom. The van der Waals surface area contributed by atoms with Gasteiger partial charge in [0.25, 0.3) is 5.56 Å². The lowest BCUT2D eigenvalue weighted by Gasteiger charge is -2.14. The number of amides is 1. The number of tetrazole rings is 1. The van der Waals surface area contributed by atoms with Crippen molar-refractivity contribution in [2.75, 3.05) is 12.4 Å². The second kappa shape index (κ2) is 9.80. The standard InChI is InChI=1S/C26H22ClN9O3/c1-14-3-8-19(35-13-28-33-34-35)17(11-14)18-12-22(37)36-20(9-10-21(36)30-18)25-31-23(24(27)32-25)15-4-6-16(7-5-15)29-26(38)39-2/h3-8,11-13,20H,9-10H2,1-2H3,(H,29,38)(H,31,32)/t20-/m0/s1. The number of carbonyl (C=O) groups is 1. The predicted octanol–water partition coefficient (Wildman–Crippen LogP) is 3.95. The molecule has 0 aliphatic carbocycles. The molecule has 13 heteroatoms. The number of aromatic nitrogens is 8. The number of aromatic amines is 1. The van der Waals surface area contributed by atoms with E-state index >= 15 is 0 Å². The summed E-state index contributed by atoms with van der Waals surface area (Å²) in [5, 5.41) is 14.4. The molecular formula is C26H22ClN9O3. The van der Waals surface area contributed by atoms with E-state index in [1.54, 1.807) is 33.5 Å². The summed E-state index contributed by atoms with van der Waals surface area (Å²) in [6.07, 6.45) is 2.19. The highest BCUT2D eigenvalue weighted by atomic mass is 35.5. The molecule has 0 fully saturated rings. The largest absolute Gasteiger partial charge is 0.453 e. The number of hydrogen-bond acceptors (Lipinski definition) is 8. The van der Waals surface area contributed by atoms with Gasteiger partial charge in [-0.1, -0.05) is 35.4 Å². The van der Waals surface area contributed by atoms with E-state index in [1.165, 1.54) is 19.5 Å². The first kappa shape index (κ1) is 24.5. The Labute approximate surface area is 226 Å². The van der Waals surface area contributed by atoms with Crippen molar-refractivity contribution in [3.8, 4) is 28.2 Å². The third-order valence-corrected chi connectivity index (χ3v) is 6.86. The molecule has 5 aromatic rings. The van der Waals surface area contributed by atoms with Crippen molar-refractivity contribution in [2.45, 2.75) is 25.8 Å². The lowest BCUT2D eigenvalue weighted by molar-refractivity contribution is 0.187. The summed E-state index contributed by atoms with van der Waals surface area (Å²) >= 11 is 6.53. The zero-order valence-electron chi connectivity index (χ0n) is 20.9. The minimum absolute atomic E-state index is 0.186. The molecule has 2 aromatic carbocycles. The number of imidazole rings is 1. The first-order valence-electron chi connectivity index (χ1n) is 12.1. The van der Waals surface area contributed by atoms with Crippen LogP contribution in [0.1, 0.15) is 29.7 Å². The Hall–Kier alpha value is -4.84. The summed E-state index contributed by atoms with van der Waals surface area (Å²) in [5.74, 6) is 1.24. The van der Waals surface area contributed by atoms with Gasteiger partial charge >= 0.3 is 6.09 Å². The number of methoxy groups -OCH3 is 1. The number of ether oxygens (including phenoxy) is 1. The molecule has 0 saturated heterocycles. The third-order valence-electron chi connectivity index (χ3n) is 6.59. The van der Waals surface area contributed by atoms with Crippen molar-refractivity contribution in [1.29, 1.82) is 0 Å². The fourth-order valence-corrected chi connectivity index (χ4v) is 5.01. The third kappa shape index (κ3) is 4.55. The highest BCUT2D eigenvalue weighted by Gasteiger charge is 2.30. The van der Waals surface area contributed by atoms with Crippen molar-refractivity contribution >= 4 is 23.4 Å². The summed E-state index contributed by atoms with van der Waals surface area (Å²) < 4.78 is 7.83. The Balaban J connectivity index is 1.33. The minimum atomic E-state index is -0.557. The van der Waals surface area contributed by atoms with E-state index in [0.717, 1.165) is 22.4 Å². The van der Waals surface area contributed by atoms with Crippen LogP contribution in [0.4, 0.5) is 10.5 Å². The molecule has 0 spiro atoms. The van der Waals surface area contributed by atoms with Gasteiger partial charge in [0.05, 0.1) is 24.5 Å². The molecule has 1 amide bonds. The average molecular weight is 544 g/mol. The molecule has 39 heavy (non-hydrogen) atoms. The van der Waals surface area contributed by atoms with Crippen LogP contribution in [0.5, 0.6) is 0 Å². The summed E-state index contributed by atoms with van der Waals surface area (Å²) in [5.41, 5.74) is 4.77. The molecule has 1 aliphatic rings. The molecular weight excluding hydrogens is 522 g/mol. The van der Waals surface area contributed by atoms with Crippen LogP contribution < -0.4 is 10.9 Å². The van der Waals surface area contributed by atoms with Crippen LogP contribution in [0.3, 0.4) is 0 Å². The molecule has 0 radical (unpaired) electrons. The number of nitrogens with one attached hydrogen (secondary N) is 2. The SMILES string of the molecule is COC(=O)Nc1ccc(-c2nc([C@@H]3CCc4nc(-c5cc(C)ccc5-n5cnnn5)cc(=O)n43)[nH]c2Cl)cc1. The zero-order chi connectivity index (χ0) is 27.1. The summed E-state index contributed by atoms with van der Waals surface area (Å²) in [7, 11) is 1.30. The topological polar surface area (TPSA) is 146 Å². The van der Waals surface area contributed by atoms with E-state index in [2.05, 4.69) is 30.6 Å². The highest BCUT2D eigenvalue weighted by Crippen LogP contribution is 2.34. The molecule has 12 nitrogen and oxygen atoms in total. The maximum atomic E-state index is 13.4. The molecule has 0 bridgehead atoms. The van der Waals surface area contributed by atoms with E-state index in [9.17, 15) is 9.59 Å². The Bertz CT molecular complexity index is 1740. The van der Waals surface area contributed by atoms with Crippen molar-refractivity contribution in [2.24, 2.45) is 0 Å². The predicted molar refractivity (Wildman–Crippen MR) is 143 cm³/mol. The lowest BCUT2D eigenvalue weighted by Crippen LogP contribution is -2.25. The average Bonchev–Trinajstić information content (AvgIpc) is 3.69. The Kier molecular flexibility index (Phi) is 6.15.